The maximum atomic E-state index is 5.21. The van der Waals surface area contributed by atoms with Crippen LogP contribution in [-0.4, -0.2) is 24.7 Å². The van der Waals surface area contributed by atoms with Crippen molar-refractivity contribution in [1.29, 1.82) is 0 Å². The highest BCUT2D eigenvalue weighted by Gasteiger charge is 1.86. The van der Waals surface area contributed by atoms with E-state index in [1.807, 2.05) is 0 Å². The van der Waals surface area contributed by atoms with Gasteiger partial charge in [-0.25, -0.2) is 0 Å². The molecule has 0 aromatic heterocycles. The number of hydrogen-bond donors (Lipinski definition) is 3. The molecule has 0 heterocycles. The molecule has 0 aromatic carbocycles. The summed E-state index contributed by atoms with van der Waals surface area (Å²) in [5.41, 5.74) is 5.21. The van der Waals surface area contributed by atoms with Gasteiger partial charge < -0.3 is 16.4 Å². The molecule has 3 nitrogen and oxygen atoms in total. The van der Waals surface area contributed by atoms with E-state index in [2.05, 4.69) is 29.8 Å². The Morgan fingerprint density at radius 1 is 1.50 bits per heavy atom. The molecule has 0 unspecified atom stereocenters. The summed E-state index contributed by atoms with van der Waals surface area (Å²) >= 11 is 4.62. The maximum absolute atomic E-state index is 5.21. The number of nitrogens with one attached hydrogen (secondary N) is 2. The minimum Gasteiger partial charge on any atom is -0.376 e. The summed E-state index contributed by atoms with van der Waals surface area (Å²) < 4.78 is 0. The molecule has 0 radical (unpaired) electrons. The lowest BCUT2D eigenvalue weighted by Gasteiger charge is -2.02. The lowest BCUT2D eigenvalue weighted by Crippen LogP contribution is -2.31. The molecule has 0 aliphatic rings. The Balaban J connectivity index is 2.84. The summed E-state index contributed by atoms with van der Waals surface area (Å²) in [4.78, 5) is 0. The predicted molar refractivity (Wildman–Crippen MR) is 47.9 cm³/mol. The van der Waals surface area contributed by atoms with Gasteiger partial charge in [-0.2, -0.15) is 0 Å². The first-order chi connectivity index (χ1) is 4.77. The monoisotopic (exact) mass is 161 g/mol. The summed E-state index contributed by atoms with van der Waals surface area (Å²) in [6, 6.07) is 0. The van der Waals surface area contributed by atoms with Crippen LogP contribution < -0.4 is 16.4 Å². The van der Waals surface area contributed by atoms with E-state index in [4.69, 9.17) is 5.73 Å². The predicted octanol–water partition coefficient (Wildman–Crippen LogP) is -0.181. The lowest BCUT2D eigenvalue weighted by molar-refractivity contribution is 0.661. The fraction of sp³-hybridized carbons (Fsp3) is 0.833. The summed E-state index contributed by atoms with van der Waals surface area (Å²) in [6.45, 7) is 4.99. The van der Waals surface area contributed by atoms with E-state index >= 15 is 0 Å². The van der Waals surface area contributed by atoms with Gasteiger partial charge >= 0.3 is 0 Å². The summed E-state index contributed by atoms with van der Waals surface area (Å²) in [5.74, 6) is 0. The van der Waals surface area contributed by atoms with E-state index in [-0.39, 0.29) is 0 Å². The Morgan fingerprint density at radius 3 is 2.70 bits per heavy atom. The van der Waals surface area contributed by atoms with Crippen LogP contribution in [0.25, 0.3) is 0 Å². The second kappa shape index (κ2) is 6.77. The molecule has 0 atom stereocenters. The highest BCUT2D eigenvalue weighted by atomic mass is 32.1. The van der Waals surface area contributed by atoms with Gasteiger partial charge in [0.15, 0.2) is 5.11 Å². The molecule has 4 N–H and O–H groups in total. The first-order valence-electron chi connectivity index (χ1n) is 3.51. The quantitative estimate of drug-likeness (QED) is 0.387. The second-order valence-electron chi connectivity index (χ2n) is 2.00. The standard InChI is InChI=1S/C6H15N3S/c1-2-8-4-3-5-9-6(7)10/h8H,2-5H2,1H3,(H3,7,9,10). The van der Waals surface area contributed by atoms with E-state index in [0.717, 1.165) is 26.1 Å². The molecule has 60 valence electrons. The largest absolute Gasteiger partial charge is 0.376 e. The Labute approximate surface area is 67.4 Å². The molecular weight excluding hydrogens is 146 g/mol. The van der Waals surface area contributed by atoms with Gasteiger partial charge in [-0.05, 0) is 31.7 Å². The highest BCUT2D eigenvalue weighted by molar-refractivity contribution is 7.80. The van der Waals surface area contributed by atoms with Crippen LogP contribution >= 0.6 is 12.2 Å². The summed E-state index contributed by atoms with van der Waals surface area (Å²) in [7, 11) is 0. The molecule has 0 saturated heterocycles. The highest BCUT2D eigenvalue weighted by Crippen LogP contribution is 1.71. The first-order valence-corrected chi connectivity index (χ1v) is 3.92. The number of hydrogen-bond acceptors (Lipinski definition) is 2. The van der Waals surface area contributed by atoms with Crippen LogP contribution in [-0.2, 0) is 0 Å². The van der Waals surface area contributed by atoms with Gasteiger partial charge in [0, 0.05) is 6.54 Å². The van der Waals surface area contributed by atoms with E-state index in [0.29, 0.717) is 5.11 Å². The first kappa shape index (κ1) is 9.65. The van der Waals surface area contributed by atoms with Crippen LogP contribution in [0, 0.1) is 0 Å². The molecule has 0 aromatic rings. The van der Waals surface area contributed by atoms with Crippen molar-refractivity contribution >= 4 is 17.3 Å². The van der Waals surface area contributed by atoms with Crippen molar-refractivity contribution in [2.75, 3.05) is 19.6 Å². The average Bonchev–Trinajstić information content (AvgIpc) is 1.87. The van der Waals surface area contributed by atoms with E-state index < -0.39 is 0 Å². The van der Waals surface area contributed by atoms with Crippen molar-refractivity contribution in [2.24, 2.45) is 5.73 Å². The van der Waals surface area contributed by atoms with E-state index in [1.54, 1.807) is 0 Å². The Hall–Kier alpha value is -0.350. The molecule has 0 bridgehead atoms. The van der Waals surface area contributed by atoms with Crippen molar-refractivity contribution in [3.63, 3.8) is 0 Å². The molecule has 0 aliphatic carbocycles. The normalized spacial score (nSPS) is 9.30. The minimum atomic E-state index is 0.386. The molecule has 0 amide bonds. The third kappa shape index (κ3) is 7.65. The summed E-state index contributed by atoms with van der Waals surface area (Å²) in [6.07, 6.45) is 1.06. The third-order valence-electron chi connectivity index (χ3n) is 1.08. The Morgan fingerprint density at radius 2 is 2.20 bits per heavy atom. The van der Waals surface area contributed by atoms with Crippen molar-refractivity contribution in [1.82, 2.24) is 10.6 Å². The molecule has 4 heteroatoms. The van der Waals surface area contributed by atoms with Gasteiger partial charge in [-0.15, -0.1) is 0 Å². The van der Waals surface area contributed by atoms with Crippen molar-refractivity contribution < 1.29 is 0 Å². The minimum absolute atomic E-state index is 0.386. The van der Waals surface area contributed by atoms with Gasteiger partial charge in [0.25, 0.3) is 0 Å². The lowest BCUT2D eigenvalue weighted by atomic mass is 10.4. The smallest absolute Gasteiger partial charge is 0.163 e. The fourth-order valence-electron chi connectivity index (χ4n) is 0.602. The van der Waals surface area contributed by atoms with Crippen LogP contribution in [0.15, 0.2) is 0 Å². The molecule has 0 saturated carbocycles. The van der Waals surface area contributed by atoms with Crippen LogP contribution in [0.1, 0.15) is 13.3 Å². The molecule has 0 spiro atoms. The molecule has 0 fully saturated rings. The summed E-state index contributed by atoms with van der Waals surface area (Å²) in [5, 5.41) is 6.46. The second-order valence-corrected chi connectivity index (χ2v) is 2.44. The SMILES string of the molecule is CCNCCCNC(N)=S. The van der Waals surface area contributed by atoms with Gasteiger partial charge in [0.05, 0.1) is 0 Å². The topological polar surface area (TPSA) is 50.1 Å². The average molecular weight is 161 g/mol. The van der Waals surface area contributed by atoms with Crippen LogP contribution in [0.3, 0.4) is 0 Å². The Bertz CT molecular complexity index is 95.0. The van der Waals surface area contributed by atoms with Crippen molar-refractivity contribution in [3.8, 4) is 0 Å². The van der Waals surface area contributed by atoms with Gasteiger partial charge in [-0.1, -0.05) is 6.92 Å². The van der Waals surface area contributed by atoms with Crippen molar-refractivity contribution in [2.45, 2.75) is 13.3 Å². The van der Waals surface area contributed by atoms with Crippen molar-refractivity contribution in [3.05, 3.63) is 0 Å². The zero-order valence-electron chi connectivity index (χ0n) is 6.31. The number of rotatable bonds is 5. The zero-order chi connectivity index (χ0) is 7.82. The van der Waals surface area contributed by atoms with Crippen LogP contribution in [0.5, 0.6) is 0 Å². The Kier molecular flexibility index (Phi) is 6.53. The fourth-order valence-corrected chi connectivity index (χ4v) is 0.704. The van der Waals surface area contributed by atoms with Gasteiger partial charge in [0.1, 0.15) is 0 Å². The molecule has 10 heavy (non-hydrogen) atoms. The molecular formula is C6H15N3S. The van der Waals surface area contributed by atoms with Gasteiger partial charge in [0.2, 0.25) is 0 Å². The maximum Gasteiger partial charge on any atom is 0.163 e. The third-order valence-corrected chi connectivity index (χ3v) is 1.22. The molecule has 0 rings (SSSR count). The van der Waals surface area contributed by atoms with Crippen LogP contribution in [0.4, 0.5) is 0 Å². The zero-order valence-corrected chi connectivity index (χ0v) is 7.13. The van der Waals surface area contributed by atoms with Crippen LogP contribution in [0.2, 0.25) is 0 Å². The van der Waals surface area contributed by atoms with Gasteiger partial charge in [-0.3, -0.25) is 0 Å². The van der Waals surface area contributed by atoms with E-state index in [9.17, 15) is 0 Å². The number of thiocarbonyl (C=S) groups is 1. The number of nitrogens with two attached hydrogens (primary N) is 1. The van der Waals surface area contributed by atoms with E-state index in [1.165, 1.54) is 0 Å². The molecule has 0 aliphatic heterocycles.